The number of anilines is 1. The molecule has 6 nitrogen and oxygen atoms in total. The van der Waals surface area contributed by atoms with Gasteiger partial charge in [-0.3, -0.25) is 4.79 Å². The molecule has 0 radical (unpaired) electrons. The first-order valence-corrected chi connectivity index (χ1v) is 4.92. The van der Waals surface area contributed by atoms with Crippen molar-refractivity contribution in [2.75, 3.05) is 5.73 Å². The van der Waals surface area contributed by atoms with Crippen LogP contribution >= 0.6 is 0 Å². The van der Waals surface area contributed by atoms with Crippen molar-refractivity contribution in [3.63, 3.8) is 0 Å². The van der Waals surface area contributed by atoms with Gasteiger partial charge >= 0.3 is 6.36 Å². The minimum absolute atomic E-state index is 0.123. The molecule has 19 heavy (non-hydrogen) atoms. The average molecular weight is 280 g/mol. The molecule has 0 saturated carbocycles. The number of nitrogen functional groups attached to an aromatic ring is 1. The normalized spacial score (nSPS) is 14.8. The van der Waals surface area contributed by atoms with Crippen LogP contribution in [0.15, 0.2) is 18.2 Å². The molecule has 0 aliphatic heterocycles. The van der Waals surface area contributed by atoms with Gasteiger partial charge < -0.3 is 26.4 Å². The summed E-state index contributed by atoms with van der Waals surface area (Å²) in [6.45, 7) is 0. The van der Waals surface area contributed by atoms with E-state index < -0.39 is 30.2 Å². The number of halogens is 3. The van der Waals surface area contributed by atoms with Gasteiger partial charge in [-0.1, -0.05) is 0 Å². The van der Waals surface area contributed by atoms with Gasteiger partial charge in [0.2, 0.25) is 5.91 Å². The van der Waals surface area contributed by atoms with E-state index in [2.05, 4.69) is 4.74 Å². The van der Waals surface area contributed by atoms with Crippen LogP contribution in [0.5, 0.6) is 5.75 Å². The Morgan fingerprint density at radius 2 is 1.89 bits per heavy atom. The van der Waals surface area contributed by atoms with Gasteiger partial charge in [-0.25, -0.2) is 0 Å². The molecular weight excluding hydrogens is 269 g/mol. The molecule has 0 aromatic heterocycles. The minimum Gasteiger partial charge on any atom is -0.406 e. The van der Waals surface area contributed by atoms with Crippen LogP contribution < -0.4 is 16.2 Å². The van der Waals surface area contributed by atoms with Crippen molar-refractivity contribution in [3.8, 4) is 5.75 Å². The molecule has 0 bridgehead atoms. The second-order valence-corrected chi connectivity index (χ2v) is 3.63. The predicted octanol–water partition coefficient (Wildman–Crippen LogP) is 0.0470. The molecule has 0 saturated heterocycles. The van der Waals surface area contributed by atoms with Gasteiger partial charge in [0.15, 0.2) is 6.10 Å². The summed E-state index contributed by atoms with van der Waals surface area (Å²) in [5, 5.41) is 18.8. The molecule has 2 atom stereocenters. The smallest absolute Gasteiger partial charge is 0.406 e. The van der Waals surface area contributed by atoms with Crippen LogP contribution in [0.25, 0.3) is 0 Å². The summed E-state index contributed by atoms with van der Waals surface area (Å²) >= 11 is 0. The van der Waals surface area contributed by atoms with Crippen molar-refractivity contribution >= 4 is 11.6 Å². The Bertz CT molecular complexity index is 478. The quantitative estimate of drug-likeness (QED) is 0.581. The number of carbonyl (C=O) groups excluding carboxylic acids is 1. The standard InChI is InChI=1S/C10H11F3N2O4/c11-10(12,13)19-4-1-2-6(14)5(3-4)7(16)8(17)9(15)18/h1-3,7-8,16-17H,14H2,(H2,15,18). The molecule has 1 aromatic carbocycles. The molecule has 2 unspecified atom stereocenters. The first kappa shape index (κ1) is 15.1. The van der Waals surface area contributed by atoms with Gasteiger partial charge in [-0.15, -0.1) is 13.2 Å². The fourth-order valence-corrected chi connectivity index (χ4v) is 1.33. The summed E-state index contributed by atoms with van der Waals surface area (Å²) in [5.74, 6) is -1.89. The van der Waals surface area contributed by atoms with Crippen LogP contribution in [0.1, 0.15) is 11.7 Å². The molecule has 0 aliphatic carbocycles. The van der Waals surface area contributed by atoms with E-state index in [4.69, 9.17) is 11.5 Å². The molecule has 1 amide bonds. The summed E-state index contributed by atoms with van der Waals surface area (Å²) < 4.78 is 39.7. The highest BCUT2D eigenvalue weighted by Crippen LogP contribution is 2.30. The Kier molecular flexibility index (Phi) is 4.22. The van der Waals surface area contributed by atoms with Crippen LogP contribution in [0.2, 0.25) is 0 Å². The number of aliphatic hydroxyl groups is 2. The van der Waals surface area contributed by atoms with Crippen LogP contribution in [0.4, 0.5) is 18.9 Å². The number of alkyl halides is 3. The molecule has 6 N–H and O–H groups in total. The SMILES string of the molecule is NC(=O)C(O)C(O)c1cc(OC(F)(F)F)ccc1N. The highest BCUT2D eigenvalue weighted by molar-refractivity contribution is 5.79. The van der Waals surface area contributed by atoms with Gasteiger partial charge in [0.1, 0.15) is 11.9 Å². The fraction of sp³-hybridized carbons (Fsp3) is 0.300. The van der Waals surface area contributed by atoms with Crippen LogP contribution in [-0.4, -0.2) is 28.6 Å². The average Bonchev–Trinajstić information content (AvgIpc) is 2.27. The zero-order valence-electron chi connectivity index (χ0n) is 9.39. The van der Waals surface area contributed by atoms with Crippen molar-refractivity contribution in [1.29, 1.82) is 0 Å². The largest absolute Gasteiger partial charge is 0.573 e. The van der Waals surface area contributed by atoms with Crippen molar-refractivity contribution in [1.82, 2.24) is 0 Å². The molecule has 1 aromatic rings. The zero-order chi connectivity index (χ0) is 14.8. The molecule has 106 valence electrons. The Hall–Kier alpha value is -2.00. The predicted molar refractivity (Wildman–Crippen MR) is 57.7 cm³/mol. The van der Waals surface area contributed by atoms with Crippen molar-refractivity contribution in [2.45, 2.75) is 18.6 Å². The topological polar surface area (TPSA) is 119 Å². The van der Waals surface area contributed by atoms with E-state index in [0.29, 0.717) is 0 Å². The second kappa shape index (κ2) is 5.33. The minimum atomic E-state index is -4.92. The summed E-state index contributed by atoms with van der Waals surface area (Å²) in [4.78, 5) is 10.7. The van der Waals surface area contributed by atoms with Crippen molar-refractivity contribution in [2.24, 2.45) is 5.73 Å². The fourth-order valence-electron chi connectivity index (χ4n) is 1.33. The highest BCUT2D eigenvalue weighted by atomic mass is 19.4. The molecule has 0 spiro atoms. The van der Waals surface area contributed by atoms with Crippen LogP contribution in [-0.2, 0) is 4.79 Å². The van der Waals surface area contributed by atoms with Gasteiger partial charge in [0.05, 0.1) is 0 Å². The zero-order valence-corrected chi connectivity index (χ0v) is 9.39. The van der Waals surface area contributed by atoms with Crippen LogP contribution in [0.3, 0.4) is 0 Å². The Labute approximate surface area is 105 Å². The maximum absolute atomic E-state index is 12.0. The lowest BCUT2D eigenvalue weighted by Gasteiger charge is -2.18. The number of hydrogen-bond donors (Lipinski definition) is 4. The summed E-state index contributed by atoms with van der Waals surface area (Å²) in [6, 6.07) is 2.72. The molecule has 9 heteroatoms. The third-order valence-corrected chi connectivity index (χ3v) is 2.20. The highest BCUT2D eigenvalue weighted by Gasteiger charge is 2.32. The van der Waals surface area contributed by atoms with E-state index in [0.717, 1.165) is 18.2 Å². The first-order valence-electron chi connectivity index (χ1n) is 4.92. The lowest BCUT2D eigenvalue weighted by molar-refractivity contribution is -0.274. The number of amides is 1. The molecule has 1 rings (SSSR count). The van der Waals surface area contributed by atoms with E-state index in [-0.39, 0.29) is 11.3 Å². The van der Waals surface area contributed by atoms with Gasteiger partial charge in [0, 0.05) is 11.3 Å². The lowest BCUT2D eigenvalue weighted by atomic mass is 10.0. The van der Waals surface area contributed by atoms with Gasteiger partial charge in [0.25, 0.3) is 0 Å². The monoisotopic (exact) mass is 280 g/mol. The molecule has 0 fully saturated rings. The Morgan fingerprint density at radius 3 is 2.37 bits per heavy atom. The number of nitrogens with two attached hydrogens (primary N) is 2. The van der Waals surface area contributed by atoms with E-state index in [1.165, 1.54) is 0 Å². The van der Waals surface area contributed by atoms with E-state index >= 15 is 0 Å². The van der Waals surface area contributed by atoms with Crippen LogP contribution in [0, 0.1) is 0 Å². The second-order valence-electron chi connectivity index (χ2n) is 3.63. The number of benzene rings is 1. The van der Waals surface area contributed by atoms with Gasteiger partial charge in [-0.05, 0) is 18.2 Å². The Morgan fingerprint density at radius 1 is 1.32 bits per heavy atom. The third-order valence-electron chi connectivity index (χ3n) is 2.20. The van der Waals surface area contributed by atoms with E-state index in [1.54, 1.807) is 0 Å². The maximum atomic E-state index is 12.0. The number of rotatable bonds is 4. The molecule has 0 aliphatic rings. The first-order chi connectivity index (χ1) is 8.61. The third kappa shape index (κ3) is 4.00. The summed E-state index contributed by atoms with van der Waals surface area (Å²) in [6.07, 6.45) is -8.77. The maximum Gasteiger partial charge on any atom is 0.573 e. The van der Waals surface area contributed by atoms with E-state index in [1.807, 2.05) is 0 Å². The number of primary amides is 1. The molecule has 0 heterocycles. The number of carbonyl (C=O) groups is 1. The lowest BCUT2D eigenvalue weighted by Crippen LogP contribution is -2.34. The van der Waals surface area contributed by atoms with Gasteiger partial charge in [-0.2, -0.15) is 0 Å². The van der Waals surface area contributed by atoms with E-state index in [9.17, 15) is 28.2 Å². The number of aliphatic hydroxyl groups excluding tert-OH is 2. The number of hydrogen-bond acceptors (Lipinski definition) is 5. The Balaban J connectivity index is 3.07. The molecular formula is C10H11F3N2O4. The summed E-state index contributed by atoms with van der Waals surface area (Å²) in [5.41, 5.74) is 9.77. The summed E-state index contributed by atoms with van der Waals surface area (Å²) in [7, 11) is 0. The van der Waals surface area contributed by atoms with Crippen molar-refractivity contribution < 1.29 is 32.9 Å². The van der Waals surface area contributed by atoms with Crippen molar-refractivity contribution in [3.05, 3.63) is 23.8 Å². The number of ether oxygens (including phenoxy) is 1.